The van der Waals surface area contributed by atoms with E-state index in [1.54, 1.807) is 14.2 Å². The molecule has 0 saturated carbocycles. The zero-order chi connectivity index (χ0) is 14.7. The lowest BCUT2D eigenvalue weighted by atomic mass is 10.0. The molecule has 2 rings (SSSR count). The summed E-state index contributed by atoms with van der Waals surface area (Å²) in [6.07, 6.45) is 0. The van der Waals surface area contributed by atoms with Crippen LogP contribution in [0.2, 0.25) is 0 Å². The normalized spacial score (nSPS) is 12.1. The van der Waals surface area contributed by atoms with Gasteiger partial charge in [0.2, 0.25) is 0 Å². The van der Waals surface area contributed by atoms with Gasteiger partial charge in [0.15, 0.2) is 0 Å². The van der Waals surface area contributed by atoms with Crippen LogP contribution in [0.25, 0.3) is 0 Å². The van der Waals surface area contributed by atoms with Crippen molar-refractivity contribution in [2.75, 3.05) is 14.2 Å². The van der Waals surface area contributed by atoms with E-state index in [2.05, 4.69) is 50.9 Å². The van der Waals surface area contributed by atoms with Crippen LogP contribution in [0.5, 0.6) is 11.5 Å². The largest absolute Gasteiger partial charge is 0.496 e. The van der Waals surface area contributed by atoms with Crippen LogP contribution in [0, 0.1) is 6.92 Å². The van der Waals surface area contributed by atoms with Crippen LogP contribution in [0.15, 0.2) is 40.9 Å². The Hall–Kier alpha value is -1.00. The quantitative estimate of drug-likeness (QED) is 0.653. The van der Waals surface area contributed by atoms with E-state index in [0.717, 1.165) is 27.1 Å². The van der Waals surface area contributed by atoms with E-state index in [-0.39, 0.29) is 4.83 Å². The van der Waals surface area contributed by atoms with Crippen LogP contribution < -0.4 is 9.47 Å². The fourth-order valence-electron chi connectivity index (χ4n) is 2.12. The fourth-order valence-corrected chi connectivity index (χ4v) is 3.22. The van der Waals surface area contributed by atoms with Gasteiger partial charge in [0.1, 0.15) is 11.5 Å². The Bertz CT molecular complexity index is 558. The van der Waals surface area contributed by atoms with E-state index >= 15 is 0 Å². The molecule has 0 fully saturated rings. The maximum absolute atomic E-state index is 5.46. The number of ether oxygens (including phenoxy) is 2. The van der Waals surface area contributed by atoms with Gasteiger partial charge >= 0.3 is 0 Å². The number of halogens is 2. The lowest BCUT2D eigenvalue weighted by molar-refractivity contribution is 0.405. The molecule has 2 nitrogen and oxygen atoms in total. The van der Waals surface area contributed by atoms with Gasteiger partial charge in [-0.05, 0) is 31.2 Å². The number of benzene rings is 2. The first-order valence-corrected chi connectivity index (χ1v) is 7.89. The zero-order valence-corrected chi connectivity index (χ0v) is 14.8. The highest BCUT2D eigenvalue weighted by Crippen LogP contribution is 2.41. The summed E-state index contributed by atoms with van der Waals surface area (Å²) in [7, 11) is 3.37. The molecule has 4 heteroatoms. The highest BCUT2D eigenvalue weighted by molar-refractivity contribution is 9.10. The maximum atomic E-state index is 5.46. The smallest absolute Gasteiger partial charge is 0.123 e. The monoisotopic (exact) mass is 398 g/mol. The molecule has 0 aromatic heterocycles. The number of aryl methyl sites for hydroxylation is 1. The van der Waals surface area contributed by atoms with Crippen molar-refractivity contribution in [1.82, 2.24) is 0 Å². The first-order chi connectivity index (χ1) is 9.56. The van der Waals surface area contributed by atoms with Crippen molar-refractivity contribution in [3.63, 3.8) is 0 Å². The Morgan fingerprint density at radius 2 is 1.45 bits per heavy atom. The number of hydrogen-bond donors (Lipinski definition) is 0. The van der Waals surface area contributed by atoms with E-state index < -0.39 is 0 Å². The summed E-state index contributed by atoms with van der Waals surface area (Å²) in [5.74, 6) is 1.71. The van der Waals surface area contributed by atoms with Gasteiger partial charge in [0.25, 0.3) is 0 Å². The summed E-state index contributed by atoms with van der Waals surface area (Å²) in [4.78, 5) is 0.00444. The predicted molar refractivity (Wildman–Crippen MR) is 89.2 cm³/mol. The molecular formula is C16H16Br2O2. The fraction of sp³-hybridized carbons (Fsp3) is 0.250. The van der Waals surface area contributed by atoms with Crippen LogP contribution in [-0.4, -0.2) is 14.2 Å². The molecule has 0 aliphatic carbocycles. The second-order valence-electron chi connectivity index (χ2n) is 4.49. The van der Waals surface area contributed by atoms with Crippen molar-refractivity contribution in [1.29, 1.82) is 0 Å². The molecule has 0 aliphatic heterocycles. The first-order valence-electron chi connectivity index (χ1n) is 6.19. The zero-order valence-electron chi connectivity index (χ0n) is 11.6. The summed E-state index contributed by atoms with van der Waals surface area (Å²) in [6.45, 7) is 2.07. The van der Waals surface area contributed by atoms with Crippen LogP contribution in [-0.2, 0) is 0 Å². The Balaban J connectivity index is 2.53. The summed E-state index contributed by atoms with van der Waals surface area (Å²) in [5, 5.41) is 0. The molecule has 2 aromatic rings. The molecule has 106 valence electrons. The van der Waals surface area contributed by atoms with Gasteiger partial charge in [0, 0.05) is 15.6 Å². The van der Waals surface area contributed by atoms with Crippen molar-refractivity contribution in [3.8, 4) is 11.5 Å². The van der Waals surface area contributed by atoms with Crippen molar-refractivity contribution >= 4 is 31.9 Å². The van der Waals surface area contributed by atoms with Gasteiger partial charge < -0.3 is 9.47 Å². The van der Waals surface area contributed by atoms with Gasteiger partial charge in [-0.3, -0.25) is 0 Å². The van der Waals surface area contributed by atoms with Crippen LogP contribution in [0.1, 0.15) is 21.5 Å². The Kier molecular flexibility index (Phi) is 5.11. The van der Waals surface area contributed by atoms with Gasteiger partial charge in [0.05, 0.1) is 19.0 Å². The third-order valence-electron chi connectivity index (χ3n) is 3.12. The second-order valence-corrected chi connectivity index (χ2v) is 6.33. The molecule has 0 radical (unpaired) electrons. The molecule has 2 aromatic carbocycles. The van der Waals surface area contributed by atoms with E-state index in [0.29, 0.717) is 0 Å². The Labute approximate surface area is 136 Å². The molecule has 1 atom stereocenters. The molecule has 0 aliphatic rings. The number of rotatable bonds is 4. The van der Waals surface area contributed by atoms with E-state index in [1.165, 1.54) is 5.56 Å². The minimum Gasteiger partial charge on any atom is -0.496 e. The number of alkyl halides is 1. The third-order valence-corrected chi connectivity index (χ3v) is 4.60. The molecule has 1 unspecified atom stereocenters. The third kappa shape index (κ3) is 3.18. The molecule has 0 heterocycles. The average molecular weight is 400 g/mol. The van der Waals surface area contributed by atoms with Gasteiger partial charge in [-0.1, -0.05) is 49.6 Å². The number of hydrogen-bond acceptors (Lipinski definition) is 2. The standard InChI is InChI=1S/C16H16Br2O2/c1-10-4-6-14(19-2)12(8-10)16(18)13-9-11(17)5-7-15(13)20-3/h4-9,16H,1-3H3. The lowest BCUT2D eigenvalue weighted by Gasteiger charge is -2.18. The molecule has 0 bridgehead atoms. The highest BCUT2D eigenvalue weighted by Gasteiger charge is 2.19. The summed E-state index contributed by atoms with van der Waals surface area (Å²) < 4.78 is 11.9. The molecule has 0 amide bonds. The molecule has 20 heavy (non-hydrogen) atoms. The average Bonchev–Trinajstić information content (AvgIpc) is 2.46. The summed E-state index contributed by atoms with van der Waals surface area (Å²) in [5.41, 5.74) is 3.34. The van der Waals surface area contributed by atoms with Gasteiger partial charge in [-0.2, -0.15) is 0 Å². The van der Waals surface area contributed by atoms with E-state index in [9.17, 15) is 0 Å². The van der Waals surface area contributed by atoms with Crippen molar-refractivity contribution in [3.05, 3.63) is 57.6 Å². The summed E-state index contributed by atoms with van der Waals surface area (Å²) in [6, 6.07) is 12.1. The summed E-state index contributed by atoms with van der Waals surface area (Å²) >= 11 is 7.27. The van der Waals surface area contributed by atoms with Crippen LogP contribution in [0.4, 0.5) is 0 Å². The second kappa shape index (κ2) is 6.64. The minimum atomic E-state index is 0.00444. The Morgan fingerprint density at radius 1 is 0.900 bits per heavy atom. The molecule has 0 N–H and O–H groups in total. The van der Waals surface area contributed by atoms with E-state index in [4.69, 9.17) is 9.47 Å². The molecular weight excluding hydrogens is 384 g/mol. The molecule has 0 saturated heterocycles. The van der Waals surface area contributed by atoms with Crippen LogP contribution in [0.3, 0.4) is 0 Å². The SMILES string of the molecule is COc1ccc(C)cc1C(Br)c1cc(Br)ccc1OC. The van der Waals surface area contributed by atoms with Crippen molar-refractivity contribution in [2.45, 2.75) is 11.8 Å². The predicted octanol–water partition coefficient (Wildman–Crippen LogP) is 5.26. The van der Waals surface area contributed by atoms with Crippen molar-refractivity contribution in [2.24, 2.45) is 0 Å². The van der Waals surface area contributed by atoms with Crippen LogP contribution >= 0.6 is 31.9 Å². The Morgan fingerprint density at radius 3 is 2.05 bits per heavy atom. The topological polar surface area (TPSA) is 18.5 Å². The maximum Gasteiger partial charge on any atom is 0.123 e. The minimum absolute atomic E-state index is 0.00444. The number of methoxy groups -OCH3 is 2. The molecule has 0 spiro atoms. The highest BCUT2D eigenvalue weighted by atomic mass is 79.9. The lowest BCUT2D eigenvalue weighted by Crippen LogP contribution is -2.00. The van der Waals surface area contributed by atoms with Crippen molar-refractivity contribution < 1.29 is 9.47 Å². The first kappa shape index (κ1) is 15.4. The van der Waals surface area contributed by atoms with E-state index in [1.807, 2.05) is 24.3 Å². The van der Waals surface area contributed by atoms with Gasteiger partial charge in [-0.15, -0.1) is 0 Å². The van der Waals surface area contributed by atoms with Gasteiger partial charge in [-0.25, -0.2) is 0 Å².